The van der Waals surface area contributed by atoms with Gasteiger partial charge in [-0.05, 0) is 42.7 Å². The van der Waals surface area contributed by atoms with E-state index in [-0.39, 0.29) is 12.5 Å². The highest BCUT2D eigenvalue weighted by molar-refractivity contribution is 7.98. The molecule has 0 saturated carbocycles. The Hall–Kier alpha value is -1.27. The molecule has 1 rings (SSSR count). The van der Waals surface area contributed by atoms with Gasteiger partial charge in [0.05, 0.1) is 0 Å². The van der Waals surface area contributed by atoms with Crippen molar-refractivity contribution in [3.05, 3.63) is 29.8 Å². The molecule has 0 aromatic heterocycles. The maximum Gasteiger partial charge on any atom is 0.257 e. The number of benzene rings is 1. The van der Waals surface area contributed by atoms with Crippen molar-refractivity contribution in [2.24, 2.45) is 5.73 Å². The molecule has 1 aromatic carbocycles. The van der Waals surface area contributed by atoms with Crippen LogP contribution in [0, 0.1) is 0 Å². The first-order valence-corrected chi connectivity index (χ1v) is 7.72. The molecule has 0 aliphatic carbocycles. The van der Waals surface area contributed by atoms with Crippen molar-refractivity contribution in [3.63, 3.8) is 0 Å². The first-order chi connectivity index (χ1) is 9.13. The van der Waals surface area contributed by atoms with Gasteiger partial charge in [-0.15, -0.1) is 0 Å². The Labute approximate surface area is 123 Å². The Kier molecular flexibility index (Phi) is 7.28. The predicted molar refractivity (Wildman–Crippen MR) is 83.8 cm³/mol. The van der Waals surface area contributed by atoms with E-state index in [0.29, 0.717) is 17.3 Å². The number of amides is 1. The van der Waals surface area contributed by atoms with Crippen LogP contribution in [0.3, 0.4) is 0 Å². The summed E-state index contributed by atoms with van der Waals surface area (Å²) in [6.07, 6.45) is 3.01. The number of hydrogen-bond acceptors (Lipinski definition) is 4. The number of rotatable bonds is 8. The van der Waals surface area contributed by atoms with Crippen LogP contribution in [0.5, 0.6) is 5.75 Å². The number of carbonyl (C=O) groups is 1. The molecule has 104 valence electrons. The molecule has 3 N–H and O–H groups in total. The summed E-state index contributed by atoms with van der Waals surface area (Å²) in [6, 6.07) is 7.03. The minimum Gasteiger partial charge on any atom is -0.484 e. The van der Waals surface area contributed by atoms with E-state index in [9.17, 15) is 4.79 Å². The first-order valence-electron chi connectivity index (χ1n) is 5.92. The van der Waals surface area contributed by atoms with E-state index < -0.39 is 0 Å². The third-order valence-corrected chi connectivity index (χ3v) is 3.29. The molecule has 0 unspecified atom stereocenters. The van der Waals surface area contributed by atoms with Gasteiger partial charge in [-0.3, -0.25) is 4.79 Å². The van der Waals surface area contributed by atoms with Crippen molar-refractivity contribution < 1.29 is 9.53 Å². The molecule has 0 heterocycles. The molecule has 4 nitrogen and oxygen atoms in total. The Morgan fingerprint density at radius 2 is 2.11 bits per heavy atom. The SMILES string of the molecule is CSCCCNC(=O)COc1ccc(C(N)=S)cc1. The summed E-state index contributed by atoms with van der Waals surface area (Å²) in [4.78, 5) is 11.8. The highest BCUT2D eigenvalue weighted by Crippen LogP contribution is 2.11. The molecule has 19 heavy (non-hydrogen) atoms. The van der Waals surface area contributed by atoms with E-state index in [1.807, 2.05) is 6.26 Å². The van der Waals surface area contributed by atoms with Crippen LogP contribution in [-0.4, -0.2) is 36.1 Å². The normalized spacial score (nSPS) is 9.95. The lowest BCUT2D eigenvalue weighted by atomic mass is 10.2. The third-order valence-electron chi connectivity index (χ3n) is 2.36. The average Bonchev–Trinajstić information content (AvgIpc) is 2.42. The van der Waals surface area contributed by atoms with Crippen molar-refractivity contribution in [3.8, 4) is 5.75 Å². The smallest absolute Gasteiger partial charge is 0.257 e. The zero-order chi connectivity index (χ0) is 14.1. The highest BCUT2D eigenvalue weighted by atomic mass is 32.2. The lowest BCUT2D eigenvalue weighted by Gasteiger charge is -2.07. The van der Waals surface area contributed by atoms with E-state index in [4.69, 9.17) is 22.7 Å². The van der Waals surface area contributed by atoms with Crippen molar-refractivity contribution in [1.82, 2.24) is 5.32 Å². The minimum absolute atomic E-state index is 0.0195. The Morgan fingerprint density at radius 3 is 2.68 bits per heavy atom. The molecule has 0 aliphatic rings. The summed E-state index contributed by atoms with van der Waals surface area (Å²) in [6.45, 7) is 0.703. The van der Waals surface area contributed by atoms with E-state index in [1.54, 1.807) is 36.0 Å². The zero-order valence-electron chi connectivity index (χ0n) is 10.8. The summed E-state index contributed by atoms with van der Waals surface area (Å²) >= 11 is 6.62. The second-order valence-electron chi connectivity index (χ2n) is 3.87. The van der Waals surface area contributed by atoms with Crippen LogP contribution >= 0.6 is 24.0 Å². The van der Waals surface area contributed by atoms with E-state index in [1.165, 1.54) is 0 Å². The van der Waals surface area contributed by atoms with Crippen LogP contribution in [0.2, 0.25) is 0 Å². The van der Waals surface area contributed by atoms with Crippen molar-refractivity contribution in [2.75, 3.05) is 25.2 Å². The second-order valence-corrected chi connectivity index (χ2v) is 5.30. The van der Waals surface area contributed by atoms with Crippen molar-refractivity contribution in [2.45, 2.75) is 6.42 Å². The standard InChI is InChI=1S/C13H18N2O2S2/c1-19-8-2-7-15-12(16)9-17-11-5-3-10(4-6-11)13(14)18/h3-6H,2,7-9H2,1H3,(H2,14,18)(H,15,16). The third kappa shape index (κ3) is 6.45. The Balaban J connectivity index is 2.28. The summed E-state index contributed by atoms with van der Waals surface area (Å²) < 4.78 is 5.36. The van der Waals surface area contributed by atoms with Gasteiger partial charge in [-0.2, -0.15) is 11.8 Å². The van der Waals surface area contributed by atoms with Gasteiger partial charge in [0.2, 0.25) is 0 Å². The number of ether oxygens (including phenoxy) is 1. The summed E-state index contributed by atoms with van der Waals surface area (Å²) in [5.41, 5.74) is 6.27. The molecule has 0 spiro atoms. The maximum absolute atomic E-state index is 11.5. The topological polar surface area (TPSA) is 64.3 Å². The first kappa shape index (κ1) is 15.8. The number of carbonyl (C=O) groups excluding carboxylic acids is 1. The summed E-state index contributed by atoms with van der Waals surface area (Å²) in [7, 11) is 0. The molecular formula is C13H18N2O2S2. The van der Waals surface area contributed by atoms with Gasteiger partial charge in [0.25, 0.3) is 5.91 Å². The number of nitrogens with two attached hydrogens (primary N) is 1. The van der Waals surface area contributed by atoms with Crippen LogP contribution < -0.4 is 15.8 Å². The van der Waals surface area contributed by atoms with E-state index in [0.717, 1.165) is 17.7 Å². The Bertz CT molecular complexity index is 421. The lowest BCUT2D eigenvalue weighted by molar-refractivity contribution is -0.123. The number of hydrogen-bond donors (Lipinski definition) is 2. The number of nitrogens with one attached hydrogen (secondary N) is 1. The van der Waals surface area contributed by atoms with Crippen LogP contribution in [0.25, 0.3) is 0 Å². The fraction of sp³-hybridized carbons (Fsp3) is 0.385. The fourth-order valence-electron chi connectivity index (χ4n) is 1.36. The van der Waals surface area contributed by atoms with Gasteiger partial charge < -0.3 is 15.8 Å². The molecule has 1 amide bonds. The van der Waals surface area contributed by atoms with Gasteiger partial charge in [0, 0.05) is 12.1 Å². The molecule has 0 atom stereocenters. The van der Waals surface area contributed by atoms with Gasteiger partial charge in [-0.25, -0.2) is 0 Å². The molecule has 0 saturated heterocycles. The van der Waals surface area contributed by atoms with Gasteiger partial charge >= 0.3 is 0 Å². The average molecular weight is 298 g/mol. The number of thioether (sulfide) groups is 1. The maximum atomic E-state index is 11.5. The van der Waals surface area contributed by atoms with Crippen molar-refractivity contribution in [1.29, 1.82) is 0 Å². The van der Waals surface area contributed by atoms with Crippen LogP contribution in [0.15, 0.2) is 24.3 Å². The molecule has 6 heteroatoms. The summed E-state index contributed by atoms with van der Waals surface area (Å²) in [5.74, 6) is 1.56. The van der Waals surface area contributed by atoms with Crippen LogP contribution in [0.4, 0.5) is 0 Å². The highest BCUT2D eigenvalue weighted by Gasteiger charge is 2.02. The minimum atomic E-state index is -0.112. The van der Waals surface area contributed by atoms with Gasteiger partial charge in [0.1, 0.15) is 10.7 Å². The predicted octanol–water partition coefficient (Wildman–Crippen LogP) is 1.57. The van der Waals surface area contributed by atoms with Gasteiger partial charge in [-0.1, -0.05) is 12.2 Å². The molecule has 0 fully saturated rings. The lowest BCUT2D eigenvalue weighted by Crippen LogP contribution is -2.29. The Morgan fingerprint density at radius 1 is 1.42 bits per heavy atom. The van der Waals surface area contributed by atoms with Gasteiger partial charge in [0.15, 0.2) is 6.61 Å². The number of thiocarbonyl (C=S) groups is 1. The van der Waals surface area contributed by atoms with E-state index >= 15 is 0 Å². The van der Waals surface area contributed by atoms with Crippen LogP contribution in [0.1, 0.15) is 12.0 Å². The quantitative estimate of drug-likeness (QED) is 0.563. The second kappa shape index (κ2) is 8.77. The summed E-state index contributed by atoms with van der Waals surface area (Å²) in [5, 5.41) is 2.80. The van der Waals surface area contributed by atoms with E-state index in [2.05, 4.69) is 5.32 Å². The molecule has 1 aromatic rings. The molecule has 0 radical (unpaired) electrons. The monoisotopic (exact) mass is 298 g/mol. The fourth-order valence-corrected chi connectivity index (χ4v) is 1.93. The zero-order valence-corrected chi connectivity index (χ0v) is 12.5. The van der Waals surface area contributed by atoms with Crippen molar-refractivity contribution >= 4 is 34.9 Å². The largest absolute Gasteiger partial charge is 0.484 e. The van der Waals surface area contributed by atoms with Crippen LogP contribution in [-0.2, 0) is 4.79 Å². The molecule has 0 aliphatic heterocycles. The molecular weight excluding hydrogens is 280 g/mol. The molecule has 0 bridgehead atoms.